The Morgan fingerprint density at radius 3 is 2.45 bits per heavy atom. The molecule has 2 rings (SSSR count). The second-order valence-corrected chi connectivity index (χ2v) is 6.35. The highest BCUT2D eigenvalue weighted by atomic mass is 16.5. The Balaban J connectivity index is 1.58. The number of hydrogen-bond donors (Lipinski definition) is 1. The molecule has 0 aromatic rings. The quantitative estimate of drug-likeness (QED) is 0.742. The molecule has 0 spiro atoms. The number of methoxy groups -OCH3 is 1. The number of likely N-dealkylation sites (tertiary alicyclic amines) is 2. The minimum absolute atomic E-state index is 0.139. The number of carbonyl (C=O) groups excluding carboxylic acids is 2. The molecule has 0 aliphatic carbocycles. The predicted molar refractivity (Wildman–Crippen MR) is 84.5 cm³/mol. The van der Waals surface area contributed by atoms with Crippen molar-refractivity contribution in [3.63, 3.8) is 0 Å². The average molecular weight is 311 g/mol. The predicted octanol–water partition coefficient (Wildman–Crippen LogP) is 0.474. The van der Waals surface area contributed by atoms with Crippen LogP contribution in [-0.2, 0) is 14.3 Å². The summed E-state index contributed by atoms with van der Waals surface area (Å²) in [4.78, 5) is 27.9. The van der Waals surface area contributed by atoms with Gasteiger partial charge in [0.05, 0.1) is 19.6 Å². The van der Waals surface area contributed by atoms with Crippen LogP contribution in [0.4, 0.5) is 0 Å². The summed E-state index contributed by atoms with van der Waals surface area (Å²) in [6.07, 6.45) is 4.84. The zero-order valence-corrected chi connectivity index (χ0v) is 13.7. The van der Waals surface area contributed by atoms with Crippen molar-refractivity contribution in [2.45, 2.75) is 32.1 Å². The maximum atomic E-state index is 11.9. The Morgan fingerprint density at radius 2 is 1.82 bits per heavy atom. The van der Waals surface area contributed by atoms with Crippen molar-refractivity contribution in [3.05, 3.63) is 0 Å². The van der Waals surface area contributed by atoms with Crippen molar-refractivity contribution in [1.29, 1.82) is 0 Å². The maximum absolute atomic E-state index is 11.9. The number of rotatable bonds is 7. The van der Waals surface area contributed by atoms with Crippen LogP contribution in [0.3, 0.4) is 0 Å². The largest absolute Gasteiger partial charge is 0.384 e. The minimum Gasteiger partial charge on any atom is -0.384 e. The van der Waals surface area contributed by atoms with Gasteiger partial charge >= 0.3 is 0 Å². The average Bonchev–Trinajstić information content (AvgIpc) is 3.04. The molecular weight excluding hydrogens is 282 g/mol. The number of ether oxygens (including phenoxy) is 1. The topological polar surface area (TPSA) is 61.9 Å². The molecule has 126 valence electrons. The summed E-state index contributed by atoms with van der Waals surface area (Å²) in [5, 5.41) is 3.05. The van der Waals surface area contributed by atoms with E-state index in [1.54, 1.807) is 7.11 Å². The standard InChI is InChI=1S/C16H29N3O3/c1-22-11-6-16(21)19-9-4-14(5-10-19)12-17-15(20)13-18-7-2-3-8-18/h14H,2-13H2,1H3,(H,17,20). The van der Waals surface area contributed by atoms with Crippen molar-refractivity contribution >= 4 is 11.8 Å². The summed E-state index contributed by atoms with van der Waals surface area (Å²) in [6.45, 7) is 5.47. The lowest BCUT2D eigenvalue weighted by atomic mass is 9.96. The van der Waals surface area contributed by atoms with Crippen LogP contribution in [0.5, 0.6) is 0 Å². The van der Waals surface area contributed by atoms with E-state index in [1.165, 1.54) is 12.8 Å². The Kier molecular flexibility index (Phi) is 7.12. The molecule has 0 saturated carbocycles. The third-order valence-electron chi connectivity index (χ3n) is 4.64. The summed E-state index contributed by atoms with van der Waals surface area (Å²) >= 11 is 0. The summed E-state index contributed by atoms with van der Waals surface area (Å²) < 4.78 is 4.94. The highest BCUT2D eigenvalue weighted by Gasteiger charge is 2.23. The van der Waals surface area contributed by atoms with Crippen molar-refractivity contribution in [2.24, 2.45) is 5.92 Å². The molecule has 2 heterocycles. The van der Waals surface area contributed by atoms with Crippen LogP contribution in [-0.4, -0.2) is 74.6 Å². The Bertz CT molecular complexity index is 362. The Morgan fingerprint density at radius 1 is 1.14 bits per heavy atom. The zero-order valence-electron chi connectivity index (χ0n) is 13.7. The molecule has 2 saturated heterocycles. The van der Waals surface area contributed by atoms with E-state index in [-0.39, 0.29) is 11.8 Å². The van der Waals surface area contributed by atoms with Crippen molar-refractivity contribution < 1.29 is 14.3 Å². The molecule has 22 heavy (non-hydrogen) atoms. The lowest BCUT2D eigenvalue weighted by molar-refractivity contribution is -0.133. The van der Waals surface area contributed by atoms with E-state index in [0.717, 1.165) is 45.6 Å². The molecule has 6 nitrogen and oxygen atoms in total. The van der Waals surface area contributed by atoms with Gasteiger partial charge in [-0.05, 0) is 44.7 Å². The molecule has 2 fully saturated rings. The number of piperidine rings is 1. The maximum Gasteiger partial charge on any atom is 0.234 e. The normalized spacial score (nSPS) is 20.3. The fourth-order valence-electron chi connectivity index (χ4n) is 3.19. The van der Waals surface area contributed by atoms with Crippen LogP contribution in [0.15, 0.2) is 0 Å². The molecule has 2 amide bonds. The van der Waals surface area contributed by atoms with Crippen molar-refractivity contribution in [1.82, 2.24) is 15.1 Å². The molecule has 2 aliphatic rings. The Hall–Kier alpha value is -1.14. The van der Waals surface area contributed by atoms with Crippen LogP contribution in [0.25, 0.3) is 0 Å². The number of nitrogens with zero attached hydrogens (tertiary/aromatic N) is 2. The first-order chi connectivity index (χ1) is 10.7. The molecule has 0 aromatic carbocycles. The number of hydrogen-bond acceptors (Lipinski definition) is 4. The van der Waals surface area contributed by atoms with Crippen LogP contribution >= 0.6 is 0 Å². The van der Waals surface area contributed by atoms with Gasteiger partial charge in [0.2, 0.25) is 11.8 Å². The molecule has 1 N–H and O–H groups in total. The van der Waals surface area contributed by atoms with Gasteiger partial charge in [0.25, 0.3) is 0 Å². The number of nitrogens with one attached hydrogen (secondary N) is 1. The molecular formula is C16H29N3O3. The van der Waals surface area contributed by atoms with Gasteiger partial charge in [-0.2, -0.15) is 0 Å². The van der Waals surface area contributed by atoms with E-state index in [9.17, 15) is 9.59 Å². The van der Waals surface area contributed by atoms with E-state index in [0.29, 0.717) is 25.5 Å². The minimum atomic E-state index is 0.139. The lowest BCUT2D eigenvalue weighted by Crippen LogP contribution is -2.43. The van der Waals surface area contributed by atoms with Crippen molar-refractivity contribution in [3.8, 4) is 0 Å². The van der Waals surface area contributed by atoms with Gasteiger partial charge in [0, 0.05) is 26.7 Å². The van der Waals surface area contributed by atoms with Crippen LogP contribution in [0.1, 0.15) is 32.1 Å². The van der Waals surface area contributed by atoms with Gasteiger partial charge in [-0.15, -0.1) is 0 Å². The fraction of sp³-hybridized carbons (Fsp3) is 0.875. The number of amides is 2. The van der Waals surface area contributed by atoms with Gasteiger partial charge < -0.3 is 15.0 Å². The smallest absolute Gasteiger partial charge is 0.234 e. The SMILES string of the molecule is COCCC(=O)N1CCC(CNC(=O)CN2CCCC2)CC1. The molecule has 2 aliphatic heterocycles. The van der Waals surface area contributed by atoms with Crippen LogP contribution in [0.2, 0.25) is 0 Å². The highest BCUT2D eigenvalue weighted by Crippen LogP contribution is 2.17. The van der Waals surface area contributed by atoms with Gasteiger partial charge in [0.15, 0.2) is 0 Å². The van der Waals surface area contributed by atoms with Crippen molar-refractivity contribution in [2.75, 3.05) is 53.0 Å². The first kappa shape index (κ1) is 17.2. The second-order valence-electron chi connectivity index (χ2n) is 6.35. The molecule has 0 radical (unpaired) electrons. The van der Waals surface area contributed by atoms with Gasteiger partial charge in [-0.25, -0.2) is 0 Å². The molecule has 0 atom stereocenters. The molecule has 0 aromatic heterocycles. The Labute approximate surface area is 133 Å². The highest BCUT2D eigenvalue weighted by molar-refractivity contribution is 5.78. The lowest BCUT2D eigenvalue weighted by Gasteiger charge is -2.32. The van der Waals surface area contributed by atoms with Gasteiger partial charge in [-0.1, -0.05) is 0 Å². The third kappa shape index (κ3) is 5.57. The van der Waals surface area contributed by atoms with E-state index in [1.807, 2.05) is 4.90 Å². The summed E-state index contributed by atoms with van der Waals surface area (Å²) in [7, 11) is 1.62. The van der Waals surface area contributed by atoms with Gasteiger partial charge in [-0.3, -0.25) is 14.5 Å². The zero-order chi connectivity index (χ0) is 15.8. The summed E-state index contributed by atoms with van der Waals surface area (Å²) in [5.41, 5.74) is 0. The van der Waals surface area contributed by atoms with E-state index < -0.39 is 0 Å². The van der Waals surface area contributed by atoms with E-state index >= 15 is 0 Å². The third-order valence-corrected chi connectivity index (χ3v) is 4.64. The van der Waals surface area contributed by atoms with Gasteiger partial charge in [0.1, 0.15) is 0 Å². The fourth-order valence-corrected chi connectivity index (χ4v) is 3.19. The van der Waals surface area contributed by atoms with Crippen LogP contribution < -0.4 is 5.32 Å². The first-order valence-electron chi connectivity index (χ1n) is 8.45. The monoisotopic (exact) mass is 311 g/mol. The van der Waals surface area contributed by atoms with Crippen LogP contribution in [0, 0.1) is 5.92 Å². The summed E-state index contributed by atoms with van der Waals surface area (Å²) in [6, 6.07) is 0. The second kappa shape index (κ2) is 9.10. The molecule has 0 unspecified atom stereocenters. The van der Waals surface area contributed by atoms with E-state index in [2.05, 4.69) is 10.2 Å². The first-order valence-corrected chi connectivity index (χ1v) is 8.45. The molecule has 0 bridgehead atoms. The molecule has 6 heteroatoms. The van der Waals surface area contributed by atoms with E-state index in [4.69, 9.17) is 4.74 Å². The number of carbonyl (C=O) groups is 2. The summed E-state index contributed by atoms with van der Waals surface area (Å²) in [5.74, 6) is 0.813.